The molecule has 1 aliphatic heterocycles. The molecule has 5 nitrogen and oxygen atoms in total. The number of carbonyl (C=O) groups excluding carboxylic acids is 1. The molecular weight excluding hydrogens is 326 g/mol. The van der Waals surface area contributed by atoms with Crippen molar-refractivity contribution in [2.75, 3.05) is 31.1 Å². The fourth-order valence-electron chi connectivity index (χ4n) is 3.46. The van der Waals surface area contributed by atoms with E-state index in [1.54, 1.807) is 12.1 Å². The summed E-state index contributed by atoms with van der Waals surface area (Å²) in [7, 11) is 0. The lowest BCUT2D eigenvalue weighted by Gasteiger charge is -2.24. The zero-order chi connectivity index (χ0) is 17.9. The molecule has 0 bridgehead atoms. The van der Waals surface area contributed by atoms with E-state index in [4.69, 9.17) is 4.98 Å². The highest BCUT2D eigenvalue weighted by Gasteiger charge is 2.18. The Bertz CT molecular complexity index is 924. The molecule has 1 aliphatic rings. The van der Waals surface area contributed by atoms with Crippen LogP contribution in [0.2, 0.25) is 0 Å². The number of anilines is 1. The summed E-state index contributed by atoms with van der Waals surface area (Å²) in [6.07, 6.45) is 1.86. The predicted octanol–water partition coefficient (Wildman–Crippen LogP) is 3.28. The van der Waals surface area contributed by atoms with Gasteiger partial charge in [0.25, 0.3) is 0 Å². The van der Waals surface area contributed by atoms with Crippen LogP contribution in [-0.4, -0.2) is 47.6 Å². The van der Waals surface area contributed by atoms with Gasteiger partial charge in [-0.25, -0.2) is 4.98 Å². The van der Waals surface area contributed by atoms with Gasteiger partial charge in [-0.1, -0.05) is 24.3 Å². The third kappa shape index (κ3) is 3.20. The summed E-state index contributed by atoms with van der Waals surface area (Å²) >= 11 is 0. The zero-order valence-electron chi connectivity index (χ0n) is 14.5. The summed E-state index contributed by atoms with van der Waals surface area (Å²) in [5.41, 5.74) is 1.86. The standard InChI is InChI=1S/C21H21N3O2/c25-15-23-10-3-11-24(13-12-23)21-19-5-2-1-4-17(19)14-20(22-21)16-6-8-18(26)9-7-16/h1-2,4-9,14-15,26H,3,10-13H2. The fraction of sp³-hybridized carbons (Fsp3) is 0.238. The van der Waals surface area contributed by atoms with Crippen LogP contribution in [0.4, 0.5) is 5.82 Å². The summed E-state index contributed by atoms with van der Waals surface area (Å²) in [4.78, 5) is 20.2. The number of rotatable bonds is 3. The number of amides is 1. The second kappa shape index (κ2) is 7.04. The summed E-state index contributed by atoms with van der Waals surface area (Å²) < 4.78 is 0. The predicted molar refractivity (Wildman–Crippen MR) is 103 cm³/mol. The van der Waals surface area contributed by atoms with Gasteiger partial charge in [0, 0.05) is 37.1 Å². The minimum atomic E-state index is 0.247. The van der Waals surface area contributed by atoms with Crippen molar-refractivity contribution in [1.29, 1.82) is 0 Å². The number of phenols is 1. The van der Waals surface area contributed by atoms with Gasteiger partial charge >= 0.3 is 0 Å². The lowest BCUT2D eigenvalue weighted by atomic mass is 10.1. The quantitative estimate of drug-likeness (QED) is 0.739. The molecule has 0 spiro atoms. The van der Waals surface area contributed by atoms with Crippen molar-refractivity contribution in [2.45, 2.75) is 6.42 Å². The van der Waals surface area contributed by atoms with Crippen molar-refractivity contribution in [1.82, 2.24) is 9.88 Å². The molecule has 0 saturated carbocycles. The van der Waals surface area contributed by atoms with Crippen molar-refractivity contribution < 1.29 is 9.90 Å². The Kier molecular flexibility index (Phi) is 4.44. The Morgan fingerprint density at radius 2 is 1.77 bits per heavy atom. The monoisotopic (exact) mass is 347 g/mol. The SMILES string of the molecule is O=CN1CCCN(c2nc(-c3ccc(O)cc3)cc3ccccc23)CC1. The number of carbonyl (C=O) groups is 1. The molecule has 26 heavy (non-hydrogen) atoms. The number of fused-ring (bicyclic) bond motifs is 1. The molecular formula is C21H21N3O2. The first-order valence-corrected chi connectivity index (χ1v) is 8.88. The Labute approximate surface area is 152 Å². The molecule has 4 rings (SSSR count). The molecule has 1 fully saturated rings. The molecule has 0 radical (unpaired) electrons. The van der Waals surface area contributed by atoms with Gasteiger partial charge in [0.15, 0.2) is 0 Å². The maximum Gasteiger partial charge on any atom is 0.209 e. The van der Waals surface area contributed by atoms with Gasteiger partial charge in [-0.15, -0.1) is 0 Å². The number of aromatic nitrogens is 1. The Hall–Kier alpha value is -3.08. The molecule has 3 aromatic rings. The Morgan fingerprint density at radius 1 is 0.962 bits per heavy atom. The van der Waals surface area contributed by atoms with E-state index in [0.717, 1.165) is 60.3 Å². The van der Waals surface area contributed by atoms with Crippen LogP contribution in [0.25, 0.3) is 22.0 Å². The van der Waals surface area contributed by atoms with E-state index in [9.17, 15) is 9.90 Å². The number of phenolic OH excluding ortho intramolecular Hbond substituents is 1. The summed E-state index contributed by atoms with van der Waals surface area (Å²) in [5.74, 6) is 1.20. The van der Waals surface area contributed by atoms with Crippen molar-refractivity contribution >= 4 is 23.0 Å². The number of hydrogen-bond donors (Lipinski definition) is 1. The van der Waals surface area contributed by atoms with Crippen molar-refractivity contribution in [3.05, 3.63) is 54.6 Å². The largest absolute Gasteiger partial charge is 0.508 e. The molecule has 5 heteroatoms. The number of nitrogens with zero attached hydrogens (tertiary/aromatic N) is 3. The average molecular weight is 347 g/mol. The van der Waals surface area contributed by atoms with Crippen LogP contribution < -0.4 is 4.90 Å². The van der Waals surface area contributed by atoms with Crippen molar-refractivity contribution in [3.8, 4) is 17.0 Å². The summed E-state index contributed by atoms with van der Waals surface area (Å²) in [5, 5.41) is 11.8. The second-order valence-electron chi connectivity index (χ2n) is 6.58. The van der Waals surface area contributed by atoms with Gasteiger partial charge in [0.05, 0.1) is 5.69 Å². The molecule has 0 aliphatic carbocycles. The first kappa shape index (κ1) is 16.4. The van der Waals surface area contributed by atoms with E-state index in [1.807, 2.05) is 29.2 Å². The van der Waals surface area contributed by atoms with Crippen molar-refractivity contribution in [3.63, 3.8) is 0 Å². The van der Waals surface area contributed by atoms with Gasteiger partial charge in [-0.05, 0) is 42.1 Å². The maximum atomic E-state index is 11.1. The molecule has 0 atom stereocenters. The highest BCUT2D eigenvalue weighted by atomic mass is 16.3. The van der Waals surface area contributed by atoms with Crippen LogP contribution in [-0.2, 0) is 4.79 Å². The maximum absolute atomic E-state index is 11.1. The lowest BCUT2D eigenvalue weighted by molar-refractivity contribution is -0.117. The van der Waals surface area contributed by atoms with Crippen LogP contribution >= 0.6 is 0 Å². The van der Waals surface area contributed by atoms with Crippen LogP contribution in [0.1, 0.15) is 6.42 Å². The lowest BCUT2D eigenvalue weighted by Crippen LogP contribution is -2.30. The summed E-state index contributed by atoms with van der Waals surface area (Å²) in [6, 6.07) is 17.5. The molecule has 1 N–H and O–H groups in total. The smallest absolute Gasteiger partial charge is 0.209 e. The number of benzene rings is 2. The highest BCUT2D eigenvalue weighted by molar-refractivity contribution is 5.95. The third-order valence-corrected chi connectivity index (χ3v) is 4.86. The van der Waals surface area contributed by atoms with E-state index in [-0.39, 0.29) is 5.75 Å². The second-order valence-corrected chi connectivity index (χ2v) is 6.58. The van der Waals surface area contributed by atoms with Crippen LogP contribution in [0.15, 0.2) is 54.6 Å². The molecule has 2 heterocycles. The number of aromatic hydroxyl groups is 1. The van der Waals surface area contributed by atoms with E-state index in [0.29, 0.717) is 6.54 Å². The third-order valence-electron chi connectivity index (χ3n) is 4.86. The first-order valence-electron chi connectivity index (χ1n) is 8.88. The highest BCUT2D eigenvalue weighted by Crippen LogP contribution is 2.31. The van der Waals surface area contributed by atoms with Crippen LogP contribution in [0, 0.1) is 0 Å². The number of hydrogen-bond acceptors (Lipinski definition) is 4. The van der Waals surface area contributed by atoms with E-state index < -0.39 is 0 Å². The fourth-order valence-corrected chi connectivity index (χ4v) is 3.46. The van der Waals surface area contributed by atoms with E-state index >= 15 is 0 Å². The van der Waals surface area contributed by atoms with E-state index in [1.165, 1.54) is 0 Å². The average Bonchev–Trinajstić information content (AvgIpc) is 2.93. The topological polar surface area (TPSA) is 56.7 Å². The van der Waals surface area contributed by atoms with Gasteiger partial charge in [0.2, 0.25) is 6.41 Å². The van der Waals surface area contributed by atoms with Crippen LogP contribution in [0.5, 0.6) is 5.75 Å². The van der Waals surface area contributed by atoms with E-state index in [2.05, 4.69) is 23.1 Å². The molecule has 2 aromatic carbocycles. The number of pyridine rings is 1. The first-order chi connectivity index (χ1) is 12.7. The van der Waals surface area contributed by atoms with Gasteiger partial charge in [-0.3, -0.25) is 4.79 Å². The zero-order valence-corrected chi connectivity index (χ0v) is 14.5. The minimum Gasteiger partial charge on any atom is -0.508 e. The van der Waals surface area contributed by atoms with Gasteiger partial charge in [0.1, 0.15) is 11.6 Å². The Morgan fingerprint density at radius 3 is 2.58 bits per heavy atom. The molecule has 0 unspecified atom stereocenters. The minimum absolute atomic E-state index is 0.247. The Balaban J connectivity index is 1.79. The summed E-state index contributed by atoms with van der Waals surface area (Å²) in [6.45, 7) is 3.15. The molecule has 132 valence electrons. The van der Waals surface area contributed by atoms with Gasteiger partial charge < -0.3 is 14.9 Å². The molecule has 1 amide bonds. The normalized spacial score (nSPS) is 15.1. The molecule has 1 aromatic heterocycles. The molecule has 1 saturated heterocycles. The van der Waals surface area contributed by atoms with Crippen LogP contribution in [0.3, 0.4) is 0 Å². The van der Waals surface area contributed by atoms with Crippen molar-refractivity contribution in [2.24, 2.45) is 0 Å². The van der Waals surface area contributed by atoms with Gasteiger partial charge in [-0.2, -0.15) is 0 Å².